The maximum absolute atomic E-state index is 12.2. The second kappa shape index (κ2) is 5.47. The minimum absolute atomic E-state index is 0.171. The fraction of sp³-hybridized carbons (Fsp3) is 0.417. The lowest BCUT2D eigenvalue weighted by Crippen LogP contribution is -2.45. The summed E-state index contributed by atoms with van der Waals surface area (Å²) in [6.07, 6.45) is -0.546. The van der Waals surface area contributed by atoms with E-state index in [0.29, 0.717) is 31.2 Å². The number of anilines is 1. The van der Waals surface area contributed by atoms with Crippen LogP contribution in [-0.4, -0.2) is 48.6 Å². The summed E-state index contributed by atoms with van der Waals surface area (Å²) in [7, 11) is 1.75. The van der Waals surface area contributed by atoms with E-state index >= 15 is 0 Å². The Bertz CT molecular complexity index is 483. The molecule has 18 heavy (non-hydrogen) atoms. The minimum atomic E-state index is -0.546. The van der Waals surface area contributed by atoms with Crippen molar-refractivity contribution in [1.82, 2.24) is 9.88 Å². The Hall–Kier alpha value is -2.13. The molecule has 1 N–H and O–H groups in total. The topological polar surface area (TPSA) is 78.3 Å². The van der Waals surface area contributed by atoms with Crippen LogP contribution in [0.4, 0.5) is 5.82 Å². The Balaban J connectivity index is 2.13. The van der Waals surface area contributed by atoms with E-state index in [1.165, 1.54) is 0 Å². The number of nitriles is 1. The number of carbonyl (C=O) groups excluding carboxylic acids is 1. The van der Waals surface area contributed by atoms with Gasteiger partial charge in [0.2, 0.25) is 0 Å². The second-order valence-electron chi connectivity index (χ2n) is 3.90. The van der Waals surface area contributed by atoms with Crippen LogP contribution in [0.1, 0.15) is 10.5 Å². The molecular weight excluding hydrogens is 232 g/mol. The Kier molecular flexibility index (Phi) is 3.75. The predicted octanol–water partition coefficient (Wildman–Crippen LogP) is 0.488. The number of nitrogens with one attached hydrogen (secondary N) is 1. The Labute approximate surface area is 105 Å². The molecule has 1 unspecified atom stereocenters. The van der Waals surface area contributed by atoms with Crippen LogP contribution < -0.4 is 5.32 Å². The molecule has 0 spiro atoms. The summed E-state index contributed by atoms with van der Waals surface area (Å²) in [6, 6.07) is 7.24. The summed E-state index contributed by atoms with van der Waals surface area (Å²) in [5.41, 5.74) is 0.375. The van der Waals surface area contributed by atoms with Crippen molar-refractivity contribution in [3.8, 4) is 6.07 Å². The van der Waals surface area contributed by atoms with Crippen LogP contribution in [0.2, 0.25) is 0 Å². The number of carbonyl (C=O) groups is 1. The summed E-state index contributed by atoms with van der Waals surface area (Å²) in [5, 5.41) is 11.7. The third-order valence-electron chi connectivity index (χ3n) is 2.72. The molecule has 0 bridgehead atoms. The van der Waals surface area contributed by atoms with Gasteiger partial charge in [0, 0.05) is 13.6 Å². The highest BCUT2D eigenvalue weighted by molar-refractivity contribution is 5.92. The van der Waals surface area contributed by atoms with Crippen LogP contribution in [0, 0.1) is 11.3 Å². The molecule has 0 aromatic carbocycles. The number of ether oxygens (including phenoxy) is 1. The Morgan fingerprint density at radius 2 is 2.50 bits per heavy atom. The normalized spacial score (nSPS) is 19.1. The zero-order valence-electron chi connectivity index (χ0n) is 10.1. The number of nitrogens with zero attached hydrogens (tertiary/aromatic N) is 3. The largest absolute Gasteiger partial charge is 0.373 e. The number of amides is 1. The number of hydrogen-bond donors (Lipinski definition) is 1. The van der Waals surface area contributed by atoms with Gasteiger partial charge in [-0.2, -0.15) is 5.26 Å². The molecule has 1 saturated heterocycles. The molecule has 1 atom stereocenters. The zero-order chi connectivity index (χ0) is 13.0. The summed E-state index contributed by atoms with van der Waals surface area (Å²) in [6.45, 7) is 1.17. The minimum Gasteiger partial charge on any atom is -0.373 e. The van der Waals surface area contributed by atoms with Gasteiger partial charge in [0.25, 0.3) is 5.91 Å². The van der Waals surface area contributed by atoms with Gasteiger partial charge >= 0.3 is 0 Å². The van der Waals surface area contributed by atoms with Crippen molar-refractivity contribution in [2.75, 3.05) is 32.1 Å². The molecule has 6 heteroatoms. The van der Waals surface area contributed by atoms with Gasteiger partial charge in [-0.15, -0.1) is 0 Å². The molecule has 0 saturated carbocycles. The average Bonchev–Trinajstić information content (AvgIpc) is 2.46. The first kappa shape index (κ1) is 12.3. The van der Waals surface area contributed by atoms with E-state index in [1.807, 2.05) is 6.07 Å². The summed E-state index contributed by atoms with van der Waals surface area (Å²) in [5.74, 6) is 0.474. The molecule has 1 fully saturated rings. The monoisotopic (exact) mass is 246 g/mol. The summed E-state index contributed by atoms with van der Waals surface area (Å²) in [4.78, 5) is 18.0. The molecule has 0 radical (unpaired) electrons. The predicted molar refractivity (Wildman–Crippen MR) is 65.0 cm³/mol. The zero-order valence-corrected chi connectivity index (χ0v) is 10.1. The maximum atomic E-state index is 12.2. The van der Waals surface area contributed by atoms with Crippen molar-refractivity contribution in [1.29, 1.82) is 5.26 Å². The number of pyridine rings is 1. The molecule has 2 heterocycles. The lowest BCUT2D eigenvalue weighted by Gasteiger charge is -2.29. The first-order valence-corrected chi connectivity index (χ1v) is 5.70. The lowest BCUT2D eigenvalue weighted by atomic mass is 10.2. The van der Waals surface area contributed by atoms with Gasteiger partial charge in [-0.3, -0.25) is 4.79 Å². The van der Waals surface area contributed by atoms with Crippen molar-refractivity contribution >= 4 is 11.7 Å². The third kappa shape index (κ3) is 2.57. The third-order valence-corrected chi connectivity index (χ3v) is 2.72. The molecule has 1 aliphatic rings. The van der Waals surface area contributed by atoms with Crippen LogP contribution in [0.15, 0.2) is 18.2 Å². The van der Waals surface area contributed by atoms with Crippen LogP contribution in [0.25, 0.3) is 0 Å². The van der Waals surface area contributed by atoms with Gasteiger partial charge in [0.15, 0.2) is 6.10 Å². The van der Waals surface area contributed by atoms with Gasteiger partial charge in [-0.05, 0) is 12.1 Å². The van der Waals surface area contributed by atoms with E-state index in [0.717, 1.165) is 0 Å². The number of morpholine rings is 1. The van der Waals surface area contributed by atoms with Crippen molar-refractivity contribution in [3.05, 3.63) is 23.9 Å². The van der Waals surface area contributed by atoms with Gasteiger partial charge in [0.1, 0.15) is 11.5 Å². The number of aromatic nitrogens is 1. The molecule has 0 aliphatic carbocycles. The van der Waals surface area contributed by atoms with Crippen LogP contribution >= 0.6 is 0 Å². The van der Waals surface area contributed by atoms with Gasteiger partial charge in [-0.25, -0.2) is 4.98 Å². The smallest absolute Gasteiger partial charge is 0.272 e. The van der Waals surface area contributed by atoms with Gasteiger partial charge < -0.3 is 15.0 Å². The average molecular weight is 246 g/mol. The fourth-order valence-electron chi connectivity index (χ4n) is 1.77. The van der Waals surface area contributed by atoms with Crippen molar-refractivity contribution in [2.45, 2.75) is 6.10 Å². The van der Waals surface area contributed by atoms with Crippen molar-refractivity contribution in [2.24, 2.45) is 0 Å². The molecule has 1 aliphatic heterocycles. The molecule has 1 amide bonds. The van der Waals surface area contributed by atoms with Crippen molar-refractivity contribution < 1.29 is 9.53 Å². The van der Waals surface area contributed by atoms with Crippen LogP contribution in [0.3, 0.4) is 0 Å². The Morgan fingerprint density at radius 1 is 1.67 bits per heavy atom. The number of hydrogen-bond acceptors (Lipinski definition) is 5. The molecule has 1 aromatic rings. The van der Waals surface area contributed by atoms with E-state index in [2.05, 4.69) is 10.3 Å². The van der Waals surface area contributed by atoms with Crippen molar-refractivity contribution in [3.63, 3.8) is 0 Å². The summed E-state index contributed by atoms with van der Waals surface area (Å²) < 4.78 is 5.20. The SMILES string of the molecule is CNc1cccc(C(=O)N2CCOC(C#N)C2)n1. The molecule has 6 nitrogen and oxygen atoms in total. The maximum Gasteiger partial charge on any atom is 0.272 e. The lowest BCUT2D eigenvalue weighted by molar-refractivity contribution is 0.00321. The quantitative estimate of drug-likeness (QED) is 0.821. The van der Waals surface area contributed by atoms with E-state index in [9.17, 15) is 4.79 Å². The van der Waals surface area contributed by atoms with E-state index in [4.69, 9.17) is 10.00 Å². The Morgan fingerprint density at radius 3 is 3.22 bits per heavy atom. The highest BCUT2D eigenvalue weighted by Gasteiger charge is 2.25. The van der Waals surface area contributed by atoms with E-state index < -0.39 is 6.10 Å². The molecule has 94 valence electrons. The standard InChI is InChI=1S/C12H14N4O2/c1-14-11-4-2-3-10(15-11)12(17)16-5-6-18-9(7-13)8-16/h2-4,9H,5-6,8H2,1H3,(H,14,15). The first-order chi connectivity index (χ1) is 8.74. The molecular formula is C12H14N4O2. The fourth-order valence-corrected chi connectivity index (χ4v) is 1.77. The second-order valence-corrected chi connectivity index (χ2v) is 3.90. The summed E-state index contributed by atoms with van der Waals surface area (Å²) >= 11 is 0. The van der Waals surface area contributed by atoms with E-state index in [-0.39, 0.29) is 5.91 Å². The van der Waals surface area contributed by atoms with Crippen LogP contribution in [-0.2, 0) is 4.74 Å². The van der Waals surface area contributed by atoms with Crippen LogP contribution in [0.5, 0.6) is 0 Å². The molecule has 1 aromatic heterocycles. The first-order valence-electron chi connectivity index (χ1n) is 5.70. The number of rotatable bonds is 2. The van der Waals surface area contributed by atoms with Gasteiger partial charge in [0.05, 0.1) is 19.2 Å². The van der Waals surface area contributed by atoms with E-state index in [1.54, 1.807) is 30.1 Å². The molecule has 2 rings (SSSR count). The highest BCUT2D eigenvalue weighted by atomic mass is 16.5. The van der Waals surface area contributed by atoms with Gasteiger partial charge in [-0.1, -0.05) is 6.07 Å². The highest BCUT2D eigenvalue weighted by Crippen LogP contribution is 2.11.